The van der Waals surface area contributed by atoms with Gasteiger partial charge in [-0.15, -0.1) is 0 Å². The number of nitrogens with one attached hydrogen (secondary N) is 1. The van der Waals surface area contributed by atoms with E-state index in [1.807, 2.05) is 34.9 Å². The van der Waals surface area contributed by atoms with Gasteiger partial charge < -0.3 is 9.67 Å². The summed E-state index contributed by atoms with van der Waals surface area (Å²) in [4.78, 5) is 31.0. The van der Waals surface area contributed by atoms with Gasteiger partial charge in [0.25, 0.3) is 5.56 Å². The Bertz CT molecular complexity index is 989. The standard InChI is InChI=1S/C17H20N4O3S/c1-11(22)10-25-17-18-14-13(15(23)19-16(24)20(14)2)21(17)9-8-12-6-4-3-5-7-12/h3-7,11,22H,8-10H2,1-2H3,(H,19,23,24)/t11-/m0/s1. The lowest BCUT2D eigenvalue weighted by molar-refractivity contribution is 0.220. The van der Waals surface area contributed by atoms with Crippen molar-refractivity contribution in [1.82, 2.24) is 19.1 Å². The third kappa shape index (κ3) is 3.69. The molecule has 0 aliphatic rings. The van der Waals surface area contributed by atoms with Gasteiger partial charge in [-0.2, -0.15) is 0 Å². The molecule has 3 aromatic rings. The second-order valence-corrected chi connectivity index (χ2v) is 6.92. The molecule has 2 aromatic heterocycles. The maximum Gasteiger partial charge on any atom is 0.329 e. The van der Waals surface area contributed by atoms with Crippen molar-refractivity contribution in [3.8, 4) is 0 Å². The Morgan fingerprint density at radius 2 is 2.00 bits per heavy atom. The molecule has 0 radical (unpaired) electrons. The van der Waals surface area contributed by atoms with E-state index in [9.17, 15) is 14.7 Å². The first-order valence-corrected chi connectivity index (χ1v) is 9.00. The number of H-pyrrole nitrogens is 1. The van der Waals surface area contributed by atoms with Crippen LogP contribution in [-0.4, -0.2) is 36.1 Å². The minimum atomic E-state index is -0.491. The number of imidazole rings is 1. The van der Waals surface area contributed by atoms with Crippen LogP contribution < -0.4 is 11.2 Å². The Balaban J connectivity index is 2.06. The third-order valence-electron chi connectivity index (χ3n) is 3.89. The quantitative estimate of drug-likeness (QED) is 0.643. The lowest BCUT2D eigenvalue weighted by Gasteiger charge is -2.09. The molecule has 0 fully saturated rings. The summed E-state index contributed by atoms with van der Waals surface area (Å²) in [7, 11) is 1.58. The number of aromatic amines is 1. The number of benzene rings is 1. The molecule has 0 saturated carbocycles. The topological polar surface area (TPSA) is 92.9 Å². The van der Waals surface area contributed by atoms with Gasteiger partial charge in [-0.25, -0.2) is 9.78 Å². The fraction of sp³-hybridized carbons (Fsp3) is 0.353. The van der Waals surface area contributed by atoms with Crippen molar-refractivity contribution in [2.75, 3.05) is 5.75 Å². The molecule has 0 bridgehead atoms. The van der Waals surface area contributed by atoms with Gasteiger partial charge >= 0.3 is 5.69 Å². The van der Waals surface area contributed by atoms with E-state index in [4.69, 9.17) is 0 Å². The molecule has 2 N–H and O–H groups in total. The van der Waals surface area contributed by atoms with E-state index >= 15 is 0 Å². The number of aliphatic hydroxyl groups is 1. The van der Waals surface area contributed by atoms with Gasteiger partial charge in [0, 0.05) is 19.3 Å². The van der Waals surface area contributed by atoms with E-state index in [0.29, 0.717) is 28.6 Å². The highest BCUT2D eigenvalue weighted by atomic mass is 32.2. The monoisotopic (exact) mass is 360 g/mol. The van der Waals surface area contributed by atoms with Crippen LogP contribution in [0.3, 0.4) is 0 Å². The first-order chi connectivity index (χ1) is 12.0. The SMILES string of the molecule is C[C@H](O)CSc1nc2c(c(=O)[nH]c(=O)n2C)n1CCc1ccccc1. The molecule has 0 saturated heterocycles. The van der Waals surface area contributed by atoms with Crippen LogP contribution in [0.5, 0.6) is 0 Å². The van der Waals surface area contributed by atoms with Crippen molar-refractivity contribution >= 4 is 22.9 Å². The average molecular weight is 360 g/mol. The number of nitrogens with zero attached hydrogens (tertiary/aromatic N) is 3. The summed E-state index contributed by atoms with van der Waals surface area (Å²) in [6.45, 7) is 2.26. The number of fused-ring (bicyclic) bond motifs is 1. The Labute approximate surface area is 148 Å². The Kier molecular flexibility index (Phi) is 5.10. The maximum absolute atomic E-state index is 12.3. The average Bonchev–Trinajstić information content (AvgIpc) is 2.96. The van der Waals surface area contributed by atoms with E-state index in [1.165, 1.54) is 16.3 Å². The van der Waals surface area contributed by atoms with Crippen LogP contribution in [-0.2, 0) is 20.0 Å². The maximum atomic E-state index is 12.3. The smallest absolute Gasteiger partial charge is 0.329 e. The summed E-state index contributed by atoms with van der Waals surface area (Å²) < 4.78 is 3.16. The van der Waals surface area contributed by atoms with Gasteiger partial charge in [0.05, 0.1) is 6.10 Å². The number of thioether (sulfide) groups is 1. The highest BCUT2D eigenvalue weighted by Gasteiger charge is 2.18. The molecule has 3 rings (SSSR count). The molecule has 0 unspecified atom stereocenters. The van der Waals surface area contributed by atoms with E-state index < -0.39 is 17.4 Å². The highest BCUT2D eigenvalue weighted by Crippen LogP contribution is 2.22. The molecule has 1 aromatic carbocycles. The number of hydrogen-bond donors (Lipinski definition) is 2. The Hall–Kier alpha value is -2.32. The highest BCUT2D eigenvalue weighted by molar-refractivity contribution is 7.99. The predicted molar refractivity (Wildman–Crippen MR) is 98.1 cm³/mol. The number of rotatable bonds is 6. The number of aliphatic hydroxyl groups excluding tert-OH is 1. The number of aryl methyl sites for hydroxylation is 3. The third-order valence-corrected chi connectivity index (χ3v) is 5.11. The van der Waals surface area contributed by atoms with Gasteiger partial charge in [-0.3, -0.25) is 14.3 Å². The summed E-state index contributed by atoms with van der Waals surface area (Å²) in [6.07, 6.45) is 0.242. The zero-order valence-electron chi connectivity index (χ0n) is 14.1. The Morgan fingerprint density at radius 3 is 2.68 bits per heavy atom. The van der Waals surface area contributed by atoms with E-state index in [0.717, 1.165) is 12.0 Å². The van der Waals surface area contributed by atoms with Crippen LogP contribution in [0.2, 0.25) is 0 Å². The molecule has 0 aliphatic carbocycles. The lowest BCUT2D eigenvalue weighted by atomic mass is 10.1. The molecular weight excluding hydrogens is 340 g/mol. The summed E-state index contributed by atoms with van der Waals surface area (Å²) >= 11 is 1.37. The van der Waals surface area contributed by atoms with Crippen molar-refractivity contribution < 1.29 is 5.11 Å². The van der Waals surface area contributed by atoms with Crippen LogP contribution >= 0.6 is 11.8 Å². The fourth-order valence-corrected chi connectivity index (χ4v) is 3.49. The second-order valence-electron chi connectivity index (χ2n) is 5.93. The number of aromatic nitrogens is 4. The van der Waals surface area contributed by atoms with Gasteiger partial charge in [0.2, 0.25) is 0 Å². The zero-order chi connectivity index (χ0) is 18.0. The Morgan fingerprint density at radius 1 is 1.28 bits per heavy atom. The fourth-order valence-electron chi connectivity index (χ4n) is 2.61. The molecule has 0 aliphatic heterocycles. The van der Waals surface area contributed by atoms with E-state index in [-0.39, 0.29) is 0 Å². The minimum absolute atomic E-state index is 0.356. The van der Waals surface area contributed by atoms with Gasteiger partial charge in [0.1, 0.15) is 0 Å². The van der Waals surface area contributed by atoms with Gasteiger partial charge in [-0.05, 0) is 18.9 Å². The molecule has 2 heterocycles. The predicted octanol–water partition coefficient (Wildman–Crippen LogP) is 1.14. The second kappa shape index (κ2) is 7.28. The summed E-state index contributed by atoms with van der Waals surface area (Å²) in [5.74, 6) is 0.459. The van der Waals surface area contributed by atoms with Crippen molar-refractivity contribution in [2.24, 2.45) is 7.05 Å². The van der Waals surface area contributed by atoms with Gasteiger partial charge in [-0.1, -0.05) is 42.1 Å². The van der Waals surface area contributed by atoms with Crippen LogP contribution in [0.25, 0.3) is 11.2 Å². The van der Waals surface area contributed by atoms with Crippen LogP contribution in [0.4, 0.5) is 0 Å². The minimum Gasteiger partial charge on any atom is -0.393 e. The van der Waals surface area contributed by atoms with Gasteiger partial charge in [0.15, 0.2) is 16.3 Å². The van der Waals surface area contributed by atoms with Crippen LogP contribution in [0.1, 0.15) is 12.5 Å². The lowest BCUT2D eigenvalue weighted by Crippen LogP contribution is -2.29. The largest absolute Gasteiger partial charge is 0.393 e. The molecule has 132 valence electrons. The zero-order valence-corrected chi connectivity index (χ0v) is 14.9. The first-order valence-electron chi connectivity index (χ1n) is 8.01. The van der Waals surface area contributed by atoms with E-state index in [2.05, 4.69) is 9.97 Å². The molecule has 1 atom stereocenters. The van der Waals surface area contributed by atoms with Crippen molar-refractivity contribution in [2.45, 2.75) is 31.1 Å². The normalized spacial score (nSPS) is 12.6. The van der Waals surface area contributed by atoms with Crippen LogP contribution in [0, 0.1) is 0 Å². The van der Waals surface area contributed by atoms with Crippen molar-refractivity contribution in [1.29, 1.82) is 0 Å². The molecule has 25 heavy (non-hydrogen) atoms. The van der Waals surface area contributed by atoms with E-state index in [1.54, 1.807) is 14.0 Å². The molecule has 0 spiro atoms. The molecule has 8 heteroatoms. The number of hydrogen-bond acceptors (Lipinski definition) is 5. The van der Waals surface area contributed by atoms with Crippen molar-refractivity contribution in [3.63, 3.8) is 0 Å². The van der Waals surface area contributed by atoms with Crippen LogP contribution in [0.15, 0.2) is 45.1 Å². The first kappa shape index (κ1) is 17.5. The molecule has 7 nitrogen and oxygen atoms in total. The summed E-state index contributed by atoms with van der Waals surface area (Å²) in [5, 5.41) is 10.2. The summed E-state index contributed by atoms with van der Waals surface area (Å²) in [6, 6.07) is 9.96. The molecular formula is C17H20N4O3S. The summed E-state index contributed by atoms with van der Waals surface area (Å²) in [5.41, 5.74) is 0.956. The van der Waals surface area contributed by atoms with Crippen molar-refractivity contribution in [3.05, 3.63) is 56.7 Å². The molecule has 0 amide bonds.